The number of rotatable bonds is 12. The van der Waals surface area contributed by atoms with E-state index in [9.17, 15) is 18.0 Å². The van der Waals surface area contributed by atoms with Crippen LogP contribution in [-0.2, 0) is 21.2 Å². The molecule has 0 fully saturated rings. The molecule has 0 bridgehead atoms. The van der Waals surface area contributed by atoms with Crippen molar-refractivity contribution >= 4 is 21.7 Å². The Hall–Kier alpha value is -2.87. The number of hydrogen-bond donors (Lipinski definition) is 1. The number of amides is 1. The normalized spacial score (nSPS) is 11.4. The van der Waals surface area contributed by atoms with Crippen molar-refractivity contribution in [2.75, 3.05) is 12.9 Å². The van der Waals surface area contributed by atoms with Gasteiger partial charge in [0.15, 0.2) is 9.84 Å². The van der Waals surface area contributed by atoms with Gasteiger partial charge in [0.1, 0.15) is 5.75 Å². The lowest BCUT2D eigenvalue weighted by Gasteiger charge is -2.28. The van der Waals surface area contributed by atoms with Gasteiger partial charge in [-0.1, -0.05) is 18.2 Å². The monoisotopic (exact) mass is 461 g/mol. The second-order valence-corrected chi connectivity index (χ2v) is 10.00. The van der Waals surface area contributed by atoms with E-state index < -0.39 is 15.8 Å². The van der Waals surface area contributed by atoms with Crippen molar-refractivity contribution in [2.45, 2.75) is 57.0 Å². The first-order chi connectivity index (χ1) is 15.1. The lowest BCUT2D eigenvalue weighted by Crippen LogP contribution is -2.36. The maximum Gasteiger partial charge on any atom is 0.303 e. The number of para-hydroxylation sites is 1. The molecule has 0 spiro atoms. The first-order valence-electron chi connectivity index (χ1n) is 10.6. The van der Waals surface area contributed by atoms with Crippen LogP contribution < -0.4 is 4.74 Å². The van der Waals surface area contributed by atoms with Crippen LogP contribution >= 0.6 is 0 Å². The molecule has 0 aliphatic rings. The summed E-state index contributed by atoms with van der Waals surface area (Å²) in [5.41, 5.74) is 1.29. The van der Waals surface area contributed by atoms with Crippen LogP contribution in [0.1, 0.15) is 55.5 Å². The van der Waals surface area contributed by atoms with Crippen LogP contribution in [0.5, 0.6) is 5.75 Å². The van der Waals surface area contributed by atoms with Crippen LogP contribution in [0.3, 0.4) is 0 Å². The van der Waals surface area contributed by atoms with Gasteiger partial charge in [-0.05, 0) is 63.4 Å². The summed E-state index contributed by atoms with van der Waals surface area (Å²) in [6, 6.07) is 13.4. The van der Waals surface area contributed by atoms with Gasteiger partial charge in [0.05, 0.1) is 11.5 Å². The molecule has 0 saturated carbocycles. The van der Waals surface area contributed by atoms with E-state index in [1.165, 1.54) is 24.3 Å². The molecule has 0 atom stereocenters. The number of ether oxygens (including phenoxy) is 1. The molecule has 7 nitrogen and oxygen atoms in total. The highest BCUT2D eigenvalue weighted by molar-refractivity contribution is 7.90. The molecule has 2 rings (SSSR count). The number of carboxylic acids is 1. The summed E-state index contributed by atoms with van der Waals surface area (Å²) >= 11 is 0. The van der Waals surface area contributed by atoms with Gasteiger partial charge < -0.3 is 14.7 Å². The number of benzene rings is 2. The molecule has 32 heavy (non-hydrogen) atoms. The Kier molecular flexibility index (Phi) is 9.26. The van der Waals surface area contributed by atoms with Crippen molar-refractivity contribution in [2.24, 2.45) is 0 Å². The lowest BCUT2D eigenvalue weighted by molar-refractivity contribution is -0.137. The Morgan fingerprint density at radius 2 is 1.66 bits per heavy atom. The fourth-order valence-electron chi connectivity index (χ4n) is 3.20. The molecular weight excluding hydrogens is 430 g/mol. The minimum absolute atomic E-state index is 0.0823. The predicted molar refractivity (Wildman–Crippen MR) is 123 cm³/mol. The smallest absolute Gasteiger partial charge is 0.303 e. The fraction of sp³-hybridized carbons (Fsp3) is 0.417. The molecule has 8 heteroatoms. The van der Waals surface area contributed by atoms with Crippen LogP contribution in [0, 0.1) is 0 Å². The predicted octanol–water partition coefficient (Wildman–Crippen LogP) is 4.16. The third kappa shape index (κ3) is 7.67. The molecule has 0 aromatic heterocycles. The van der Waals surface area contributed by atoms with Crippen LogP contribution in [-0.4, -0.2) is 49.2 Å². The molecule has 0 saturated heterocycles. The van der Waals surface area contributed by atoms with Gasteiger partial charge in [0.25, 0.3) is 5.91 Å². The second kappa shape index (κ2) is 11.7. The highest BCUT2D eigenvalue weighted by Crippen LogP contribution is 2.23. The summed E-state index contributed by atoms with van der Waals surface area (Å²) in [5.74, 6) is -0.291. The first kappa shape index (κ1) is 25.4. The van der Waals surface area contributed by atoms with Gasteiger partial charge in [0.2, 0.25) is 0 Å². The van der Waals surface area contributed by atoms with E-state index in [1.807, 2.05) is 38.1 Å². The molecule has 2 aromatic carbocycles. The molecule has 0 radical (unpaired) electrons. The van der Waals surface area contributed by atoms with Gasteiger partial charge in [0, 0.05) is 36.4 Å². The van der Waals surface area contributed by atoms with E-state index in [-0.39, 0.29) is 23.3 Å². The summed E-state index contributed by atoms with van der Waals surface area (Å²) < 4.78 is 29.3. The average Bonchev–Trinajstić information content (AvgIpc) is 2.74. The molecule has 1 amide bonds. The van der Waals surface area contributed by atoms with Gasteiger partial charge in [-0.2, -0.15) is 0 Å². The topological polar surface area (TPSA) is 101 Å². The molecule has 174 valence electrons. The Balaban J connectivity index is 2.08. The average molecular weight is 462 g/mol. The fourth-order valence-corrected chi connectivity index (χ4v) is 3.83. The largest absolute Gasteiger partial charge is 0.493 e. The zero-order chi connectivity index (χ0) is 23.7. The van der Waals surface area contributed by atoms with Gasteiger partial charge in [-0.3, -0.25) is 9.59 Å². The summed E-state index contributed by atoms with van der Waals surface area (Å²) in [6.07, 6.45) is 3.43. The molecule has 0 aliphatic heterocycles. The van der Waals surface area contributed by atoms with Gasteiger partial charge in [-0.25, -0.2) is 8.42 Å². The van der Waals surface area contributed by atoms with E-state index in [1.54, 1.807) is 4.90 Å². The number of sulfone groups is 1. The number of carboxylic acid groups (broad SMARTS) is 1. The minimum atomic E-state index is -3.33. The number of carbonyl (C=O) groups excluding carboxylic acids is 1. The third-order valence-electron chi connectivity index (χ3n) is 5.02. The van der Waals surface area contributed by atoms with Crippen molar-refractivity contribution in [1.82, 2.24) is 4.90 Å². The molecular formula is C24H31NO6S. The van der Waals surface area contributed by atoms with Crippen molar-refractivity contribution in [3.63, 3.8) is 0 Å². The molecule has 0 unspecified atom stereocenters. The summed E-state index contributed by atoms with van der Waals surface area (Å²) in [4.78, 5) is 25.6. The van der Waals surface area contributed by atoms with Crippen molar-refractivity contribution < 1.29 is 27.9 Å². The number of hydrogen-bond acceptors (Lipinski definition) is 5. The third-order valence-corrected chi connectivity index (χ3v) is 6.15. The van der Waals surface area contributed by atoms with E-state index in [4.69, 9.17) is 9.84 Å². The Morgan fingerprint density at radius 1 is 1.00 bits per heavy atom. The van der Waals surface area contributed by atoms with Crippen molar-refractivity contribution in [1.29, 1.82) is 0 Å². The quantitative estimate of drug-likeness (QED) is 0.476. The van der Waals surface area contributed by atoms with Crippen molar-refractivity contribution in [3.05, 3.63) is 59.7 Å². The lowest BCUT2D eigenvalue weighted by atomic mass is 10.1. The Morgan fingerprint density at radius 3 is 2.25 bits per heavy atom. The molecule has 0 heterocycles. The molecule has 1 N–H and O–H groups in total. The van der Waals surface area contributed by atoms with E-state index in [0.29, 0.717) is 30.9 Å². The minimum Gasteiger partial charge on any atom is -0.493 e. The highest BCUT2D eigenvalue weighted by atomic mass is 32.2. The number of nitrogens with zero attached hydrogens (tertiary/aromatic N) is 1. The van der Waals surface area contributed by atoms with E-state index in [0.717, 1.165) is 24.7 Å². The number of unbranched alkanes of at least 4 members (excludes halogenated alkanes) is 2. The zero-order valence-electron chi connectivity index (χ0n) is 18.8. The number of aliphatic carboxylic acids is 1. The highest BCUT2D eigenvalue weighted by Gasteiger charge is 2.21. The van der Waals surface area contributed by atoms with Gasteiger partial charge in [-0.15, -0.1) is 0 Å². The maximum absolute atomic E-state index is 13.1. The van der Waals surface area contributed by atoms with Crippen molar-refractivity contribution in [3.8, 4) is 5.75 Å². The van der Waals surface area contributed by atoms with Crippen LogP contribution in [0.2, 0.25) is 0 Å². The second-order valence-electron chi connectivity index (χ2n) is 7.98. The molecule has 0 aliphatic carbocycles. The van der Waals surface area contributed by atoms with E-state index in [2.05, 4.69) is 0 Å². The Labute approximate surface area is 189 Å². The zero-order valence-corrected chi connectivity index (χ0v) is 19.6. The summed E-state index contributed by atoms with van der Waals surface area (Å²) in [5, 5.41) is 8.70. The summed E-state index contributed by atoms with van der Waals surface area (Å²) in [7, 11) is -3.33. The molecule has 2 aromatic rings. The van der Waals surface area contributed by atoms with Gasteiger partial charge >= 0.3 is 5.97 Å². The van der Waals surface area contributed by atoms with E-state index >= 15 is 0 Å². The maximum atomic E-state index is 13.1. The number of carbonyl (C=O) groups is 2. The summed E-state index contributed by atoms with van der Waals surface area (Å²) in [6.45, 7) is 4.67. The standard InChI is InChI=1S/C24H31NO6S/c1-18(2)25(24(28)19-12-14-21(15-13-19)32(3,29)30)17-20-9-6-7-10-22(20)31-16-8-4-5-11-23(26)27/h6-7,9-10,12-15,18H,4-5,8,11,16-17H2,1-3H3,(H,26,27). The Bertz CT molecular complexity index is 1020. The van der Waals surface area contributed by atoms with Crippen LogP contribution in [0.4, 0.5) is 0 Å². The van der Waals surface area contributed by atoms with Crippen LogP contribution in [0.25, 0.3) is 0 Å². The first-order valence-corrected chi connectivity index (χ1v) is 12.5. The van der Waals surface area contributed by atoms with Crippen LogP contribution in [0.15, 0.2) is 53.4 Å². The SMILES string of the molecule is CC(C)N(Cc1ccccc1OCCCCCC(=O)O)C(=O)c1ccc(S(C)(=O)=O)cc1.